The summed E-state index contributed by atoms with van der Waals surface area (Å²) >= 11 is 1.82. The van der Waals surface area contributed by atoms with Crippen molar-refractivity contribution in [1.29, 1.82) is 0 Å². The minimum absolute atomic E-state index is 0.0373. The van der Waals surface area contributed by atoms with Crippen LogP contribution in [0.2, 0.25) is 0 Å². The zero-order chi connectivity index (χ0) is 14.4. The van der Waals surface area contributed by atoms with Crippen LogP contribution in [0.4, 0.5) is 10.1 Å². The van der Waals surface area contributed by atoms with E-state index in [1.165, 1.54) is 6.07 Å². The van der Waals surface area contributed by atoms with Crippen LogP contribution >= 0.6 is 11.8 Å². The fourth-order valence-corrected chi connectivity index (χ4v) is 3.14. The van der Waals surface area contributed by atoms with Crippen LogP contribution in [0.25, 0.3) is 0 Å². The molecule has 0 aromatic heterocycles. The van der Waals surface area contributed by atoms with Crippen LogP contribution in [0, 0.1) is 5.82 Å². The van der Waals surface area contributed by atoms with Gasteiger partial charge < -0.3 is 10.6 Å². The van der Waals surface area contributed by atoms with E-state index >= 15 is 0 Å². The van der Waals surface area contributed by atoms with Gasteiger partial charge in [0.15, 0.2) is 0 Å². The van der Waals surface area contributed by atoms with E-state index in [4.69, 9.17) is 5.73 Å². The second-order valence-electron chi connectivity index (χ2n) is 5.05. The predicted molar refractivity (Wildman–Crippen MR) is 84.6 cm³/mol. The fraction of sp³-hybridized carbons (Fsp3) is 0.600. The third-order valence-electron chi connectivity index (χ3n) is 3.38. The van der Waals surface area contributed by atoms with Crippen LogP contribution in [0.15, 0.2) is 18.2 Å². The molecule has 0 aliphatic heterocycles. The third-order valence-corrected chi connectivity index (χ3v) is 4.10. The summed E-state index contributed by atoms with van der Waals surface area (Å²) in [6.45, 7) is 4.08. The Morgan fingerprint density at radius 2 is 2.11 bits per heavy atom. The number of benzene rings is 1. The molecule has 0 fully saturated rings. The van der Waals surface area contributed by atoms with Gasteiger partial charge in [0.2, 0.25) is 0 Å². The zero-order valence-corrected chi connectivity index (χ0v) is 13.1. The van der Waals surface area contributed by atoms with Gasteiger partial charge in [0.25, 0.3) is 0 Å². The number of thioether (sulfide) groups is 1. The molecule has 0 saturated carbocycles. The number of nitrogens with zero attached hydrogens (tertiary/aromatic N) is 1. The molecule has 2 unspecified atom stereocenters. The maximum atomic E-state index is 14.0. The maximum Gasteiger partial charge on any atom is 0.128 e. The number of nitrogens with two attached hydrogens (primary N) is 1. The highest BCUT2D eigenvalue weighted by Gasteiger charge is 2.18. The van der Waals surface area contributed by atoms with Crippen molar-refractivity contribution < 1.29 is 4.39 Å². The van der Waals surface area contributed by atoms with E-state index in [0.717, 1.165) is 23.4 Å². The second-order valence-corrected chi connectivity index (χ2v) is 5.96. The van der Waals surface area contributed by atoms with Crippen LogP contribution in [0.1, 0.15) is 25.8 Å². The fourth-order valence-electron chi connectivity index (χ4n) is 2.29. The van der Waals surface area contributed by atoms with Gasteiger partial charge >= 0.3 is 0 Å². The van der Waals surface area contributed by atoms with E-state index in [0.29, 0.717) is 12.5 Å². The van der Waals surface area contributed by atoms with Crippen LogP contribution < -0.4 is 10.6 Å². The Balaban J connectivity index is 3.07. The summed E-state index contributed by atoms with van der Waals surface area (Å²) in [5.74, 6) is 0.891. The Morgan fingerprint density at radius 3 is 2.63 bits per heavy atom. The molecule has 2 N–H and O–H groups in total. The Bertz CT molecular complexity index is 396. The molecule has 1 rings (SSSR count). The highest BCUT2D eigenvalue weighted by Crippen LogP contribution is 2.26. The molecule has 1 aromatic rings. The topological polar surface area (TPSA) is 29.3 Å². The predicted octanol–water partition coefficient (Wildman–Crippen LogP) is 3.29. The van der Waals surface area contributed by atoms with Gasteiger partial charge in [0.1, 0.15) is 5.82 Å². The molecule has 0 aliphatic carbocycles. The first-order valence-corrected chi connectivity index (χ1v) is 8.15. The van der Waals surface area contributed by atoms with Crippen molar-refractivity contribution in [1.82, 2.24) is 0 Å². The SMILES string of the molecule is CCC(CSC)N(C)c1cccc(F)c1CC(C)N. The Kier molecular flexibility index (Phi) is 6.66. The monoisotopic (exact) mass is 284 g/mol. The van der Waals surface area contributed by atoms with Gasteiger partial charge in [0, 0.05) is 36.1 Å². The minimum Gasteiger partial charge on any atom is -0.370 e. The van der Waals surface area contributed by atoms with E-state index < -0.39 is 0 Å². The number of anilines is 1. The molecule has 2 nitrogen and oxygen atoms in total. The van der Waals surface area contributed by atoms with Gasteiger partial charge in [-0.2, -0.15) is 11.8 Å². The van der Waals surface area contributed by atoms with Crippen molar-refractivity contribution >= 4 is 17.4 Å². The molecule has 108 valence electrons. The van der Waals surface area contributed by atoms with Crippen molar-refractivity contribution in [3.8, 4) is 0 Å². The standard InChI is InChI=1S/C15H25FN2S/c1-5-12(10-19-4)18(3)15-8-6-7-14(16)13(15)9-11(2)17/h6-8,11-12H,5,9-10,17H2,1-4H3. The second kappa shape index (κ2) is 7.75. The molecule has 0 heterocycles. The normalized spacial score (nSPS) is 14.2. The van der Waals surface area contributed by atoms with Gasteiger partial charge in [0.05, 0.1) is 0 Å². The number of hydrogen-bond donors (Lipinski definition) is 1. The number of hydrogen-bond acceptors (Lipinski definition) is 3. The highest BCUT2D eigenvalue weighted by molar-refractivity contribution is 7.98. The van der Waals surface area contributed by atoms with Crippen molar-refractivity contribution in [3.63, 3.8) is 0 Å². The van der Waals surface area contributed by atoms with Gasteiger partial charge in [-0.15, -0.1) is 0 Å². The summed E-state index contributed by atoms with van der Waals surface area (Å²) in [4.78, 5) is 2.19. The Hall–Kier alpha value is -0.740. The van der Waals surface area contributed by atoms with Crippen molar-refractivity contribution in [2.24, 2.45) is 5.73 Å². The first-order valence-electron chi connectivity index (χ1n) is 6.76. The van der Waals surface area contributed by atoms with E-state index in [9.17, 15) is 4.39 Å². The lowest BCUT2D eigenvalue weighted by Gasteiger charge is -2.31. The summed E-state index contributed by atoms with van der Waals surface area (Å²) in [5, 5.41) is 0. The zero-order valence-electron chi connectivity index (χ0n) is 12.3. The summed E-state index contributed by atoms with van der Waals surface area (Å²) in [5.41, 5.74) is 7.55. The molecular formula is C15H25FN2S. The molecule has 0 aliphatic rings. The highest BCUT2D eigenvalue weighted by atomic mass is 32.2. The summed E-state index contributed by atoms with van der Waals surface area (Å²) < 4.78 is 14.0. The lowest BCUT2D eigenvalue weighted by atomic mass is 10.0. The van der Waals surface area contributed by atoms with Gasteiger partial charge in [-0.05, 0) is 38.2 Å². The Morgan fingerprint density at radius 1 is 1.42 bits per heavy atom. The average molecular weight is 284 g/mol. The molecule has 0 bridgehead atoms. The smallest absolute Gasteiger partial charge is 0.128 e. The number of rotatable bonds is 7. The first kappa shape index (κ1) is 16.3. The van der Waals surface area contributed by atoms with Crippen molar-refractivity contribution in [3.05, 3.63) is 29.6 Å². The number of halogens is 1. The Labute approximate surface area is 120 Å². The average Bonchev–Trinajstić information content (AvgIpc) is 2.37. The quantitative estimate of drug-likeness (QED) is 0.833. The molecule has 0 radical (unpaired) electrons. The molecule has 0 saturated heterocycles. The van der Waals surface area contributed by atoms with E-state index in [1.54, 1.807) is 6.07 Å². The molecule has 4 heteroatoms. The molecule has 0 spiro atoms. The van der Waals surface area contributed by atoms with Crippen LogP contribution in [0.3, 0.4) is 0 Å². The lowest BCUT2D eigenvalue weighted by Crippen LogP contribution is -2.34. The minimum atomic E-state index is -0.152. The van der Waals surface area contributed by atoms with Gasteiger partial charge in [-0.1, -0.05) is 13.0 Å². The van der Waals surface area contributed by atoms with E-state index in [2.05, 4.69) is 18.1 Å². The van der Waals surface area contributed by atoms with Gasteiger partial charge in [-0.3, -0.25) is 0 Å². The van der Waals surface area contributed by atoms with Gasteiger partial charge in [-0.25, -0.2) is 4.39 Å². The largest absolute Gasteiger partial charge is 0.370 e. The summed E-state index contributed by atoms with van der Waals surface area (Å²) in [7, 11) is 2.05. The van der Waals surface area contributed by atoms with E-state index in [1.807, 2.05) is 31.8 Å². The first-order chi connectivity index (χ1) is 9.01. The third kappa shape index (κ3) is 4.39. The molecule has 0 amide bonds. The lowest BCUT2D eigenvalue weighted by molar-refractivity contribution is 0.590. The summed E-state index contributed by atoms with van der Waals surface area (Å²) in [6.07, 6.45) is 3.72. The van der Waals surface area contributed by atoms with Crippen LogP contribution in [-0.2, 0) is 6.42 Å². The molecule has 2 atom stereocenters. The molecular weight excluding hydrogens is 259 g/mol. The van der Waals surface area contributed by atoms with Crippen molar-refractivity contribution in [2.75, 3.05) is 24.0 Å². The van der Waals surface area contributed by atoms with E-state index in [-0.39, 0.29) is 11.9 Å². The maximum absolute atomic E-state index is 14.0. The summed E-state index contributed by atoms with van der Waals surface area (Å²) in [6, 6.07) is 5.67. The molecule has 1 aromatic carbocycles. The molecule has 19 heavy (non-hydrogen) atoms. The van der Waals surface area contributed by atoms with Crippen LogP contribution in [-0.4, -0.2) is 31.1 Å². The van der Waals surface area contributed by atoms with Crippen molar-refractivity contribution in [2.45, 2.75) is 38.8 Å². The van der Waals surface area contributed by atoms with Crippen LogP contribution in [0.5, 0.6) is 0 Å².